The van der Waals surface area contributed by atoms with Crippen molar-refractivity contribution in [3.05, 3.63) is 48.6 Å². The third-order valence-electron chi connectivity index (χ3n) is 13.7. The molecule has 73 heavy (non-hydrogen) atoms. The summed E-state index contributed by atoms with van der Waals surface area (Å²) in [4.78, 5) is 35.1. The molecule has 10 heteroatoms. The normalized spacial score (nSPS) is 13.3. The molecule has 0 aromatic carbocycles. The fourth-order valence-corrected chi connectivity index (χ4v) is 9.82. The van der Waals surface area contributed by atoms with Crippen molar-refractivity contribution in [3.8, 4) is 0 Å². The lowest BCUT2D eigenvalue weighted by molar-refractivity contribution is -0.161. The third-order valence-corrected chi connectivity index (χ3v) is 14.7. The Morgan fingerprint density at radius 2 is 0.712 bits per heavy atom. The van der Waals surface area contributed by atoms with Crippen LogP contribution in [-0.2, 0) is 32.7 Å². The SMILES string of the molecule is CCCCCC/C=C\CCCCCCCC(=O)OCC(COP(=O)(O)OCCN)OC(=O)CCCCCCCCCCCCCCCCCCCCCCCCCC/C=C\C/C=C\C/C=C\CCCCCCC. The first-order valence-electron chi connectivity index (χ1n) is 31.1. The van der Waals surface area contributed by atoms with E-state index in [-0.39, 0.29) is 38.6 Å². The molecule has 3 N–H and O–H groups in total. The van der Waals surface area contributed by atoms with Crippen LogP contribution >= 0.6 is 7.82 Å². The molecule has 0 spiro atoms. The molecule has 0 amide bonds. The first-order chi connectivity index (χ1) is 35.8. The van der Waals surface area contributed by atoms with Gasteiger partial charge in [-0.25, -0.2) is 4.57 Å². The Bertz CT molecular complexity index is 1330. The fourth-order valence-electron chi connectivity index (χ4n) is 9.05. The van der Waals surface area contributed by atoms with E-state index < -0.39 is 26.5 Å². The van der Waals surface area contributed by atoms with Crippen LogP contribution in [-0.4, -0.2) is 49.3 Å². The summed E-state index contributed by atoms with van der Waals surface area (Å²) in [6.07, 6.45) is 73.5. The van der Waals surface area contributed by atoms with Gasteiger partial charge in [-0.1, -0.05) is 268 Å². The van der Waals surface area contributed by atoms with Crippen LogP contribution in [0.15, 0.2) is 48.6 Å². The highest BCUT2D eigenvalue weighted by Crippen LogP contribution is 2.43. The van der Waals surface area contributed by atoms with Crippen LogP contribution < -0.4 is 5.73 Å². The van der Waals surface area contributed by atoms with Crippen molar-refractivity contribution in [3.63, 3.8) is 0 Å². The Balaban J connectivity index is 3.75. The highest BCUT2D eigenvalue weighted by molar-refractivity contribution is 7.47. The van der Waals surface area contributed by atoms with Gasteiger partial charge < -0.3 is 20.1 Å². The van der Waals surface area contributed by atoms with Crippen LogP contribution in [0, 0.1) is 0 Å². The van der Waals surface area contributed by atoms with Gasteiger partial charge in [-0.05, 0) is 77.0 Å². The Kier molecular flexibility index (Phi) is 57.6. The largest absolute Gasteiger partial charge is 0.472 e. The van der Waals surface area contributed by atoms with Crippen LogP contribution in [0.3, 0.4) is 0 Å². The van der Waals surface area contributed by atoms with E-state index >= 15 is 0 Å². The molecule has 0 aliphatic carbocycles. The van der Waals surface area contributed by atoms with E-state index in [0.717, 1.165) is 64.2 Å². The van der Waals surface area contributed by atoms with Crippen LogP contribution in [0.4, 0.5) is 0 Å². The Hall–Kier alpha value is -2.03. The standard InChI is InChI=1S/C63H118NO8P/c1-3-5-7-9-11-13-15-17-18-19-20-21-22-23-24-25-26-27-28-29-30-31-32-33-34-35-36-37-38-39-40-41-42-44-46-48-50-52-54-56-63(66)72-61(60-71-73(67,68)70-58-57-64)59-69-62(65)55-53-51-49-47-45-43-16-14-12-10-8-6-4-2/h14-17,19-20,22-23,61H,3-13,18,21,24-60,64H2,1-2H3,(H,67,68)/b16-14-,17-15-,20-19-,23-22-. The number of hydrogen-bond donors (Lipinski definition) is 2. The summed E-state index contributed by atoms with van der Waals surface area (Å²) in [7, 11) is -4.38. The van der Waals surface area contributed by atoms with E-state index in [1.54, 1.807) is 0 Å². The minimum atomic E-state index is -4.38. The number of ether oxygens (including phenoxy) is 2. The number of phosphoric acid groups is 1. The van der Waals surface area contributed by atoms with Crippen LogP contribution in [0.2, 0.25) is 0 Å². The maximum atomic E-state index is 12.7. The zero-order valence-electron chi connectivity index (χ0n) is 47.9. The quantitative estimate of drug-likeness (QED) is 0.0264. The molecule has 2 unspecified atom stereocenters. The van der Waals surface area contributed by atoms with E-state index in [9.17, 15) is 19.0 Å². The monoisotopic (exact) mass is 1050 g/mol. The van der Waals surface area contributed by atoms with Gasteiger partial charge in [-0.2, -0.15) is 0 Å². The van der Waals surface area contributed by atoms with Crippen molar-refractivity contribution >= 4 is 19.8 Å². The molecule has 0 bridgehead atoms. The predicted octanol–water partition coefficient (Wildman–Crippen LogP) is 19.7. The zero-order chi connectivity index (χ0) is 53.1. The number of unbranched alkanes of at least 4 members (excludes halogenated alkanes) is 38. The minimum Gasteiger partial charge on any atom is -0.462 e. The summed E-state index contributed by atoms with van der Waals surface area (Å²) in [5.41, 5.74) is 5.38. The second-order valence-corrected chi connectivity index (χ2v) is 22.4. The molecule has 2 atom stereocenters. The van der Waals surface area contributed by atoms with Gasteiger partial charge >= 0.3 is 19.8 Å². The molecule has 0 fully saturated rings. The van der Waals surface area contributed by atoms with E-state index in [4.69, 9.17) is 24.3 Å². The molecule has 0 saturated heterocycles. The second kappa shape index (κ2) is 59.2. The maximum Gasteiger partial charge on any atom is 0.472 e. The van der Waals surface area contributed by atoms with Gasteiger partial charge in [0.2, 0.25) is 0 Å². The van der Waals surface area contributed by atoms with Gasteiger partial charge in [0, 0.05) is 19.4 Å². The zero-order valence-corrected chi connectivity index (χ0v) is 48.8. The summed E-state index contributed by atoms with van der Waals surface area (Å²) in [6.45, 7) is 3.74. The van der Waals surface area contributed by atoms with Crippen LogP contribution in [0.5, 0.6) is 0 Å². The van der Waals surface area contributed by atoms with Crippen molar-refractivity contribution in [2.75, 3.05) is 26.4 Å². The van der Waals surface area contributed by atoms with Crippen LogP contribution in [0.25, 0.3) is 0 Å². The fraction of sp³-hybridized carbons (Fsp3) is 0.841. The van der Waals surface area contributed by atoms with Gasteiger partial charge in [0.15, 0.2) is 6.10 Å². The van der Waals surface area contributed by atoms with Gasteiger partial charge in [-0.3, -0.25) is 18.6 Å². The predicted molar refractivity (Wildman–Crippen MR) is 312 cm³/mol. The molecule has 0 aliphatic rings. The molecule has 0 rings (SSSR count). The summed E-state index contributed by atoms with van der Waals surface area (Å²) in [6, 6.07) is 0. The number of carbonyl (C=O) groups excluding carboxylic acids is 2. The number of rotatable bonds is 59. The number of phosphoric ester groups is 1. The maximum absolute atomic E-state index is 12.7. The van der Waals surface area contributed by atoms with Crippen molar-refractivity contribution in [2.24, 2.45) is 5.73 Å². The summed E-state index contributed by atoms with van der Waals surface area (Å²) in [5, 5.41) is 0. The van der Waals surface area contributed by atoms with Gasteiger partial charge in [0.25, 0.3) is 0 Å². The summed E-state index contributed by atoms with van der Waals surface area (Å²) in [5.74, 6) is -0.826. The Morgan fingerprint density at radius 3 is 1.08 bits per heavy atom. The van der Waals surface area contributed by atoms with Crippen molar-refractivity contribution in [1.82, 2.24) is 0 Å². The second-order valence-electron chi connectivity index (χ2n) is 20.9. The van der Waals surface area contributed by atoms with Gasteiger partial charge in [0.05, 0.1) is 13.2 Å². The van der Waals surface area contributed by atoms with E-state index in [0.29, 0.717) is 6.42 Å². The molecule has 0 heterocycles. The van der Waals surface area contributed by atoms with E-state index in [1.165, 1.54) is 212 Å². The summed E-state index contributed by atoms with van der Waals surface area (Å²) >= 11 is 0. The molecule has 0 aromatic rings. The lowest BCUT2D eigenvalue weighted by Gasteiger charge is -2.19. The molecular weight excluding hydrogens is 930 g/mol. The van der Waals surface area contributed by atoms with Crippen LogP contribution in [0.1, 0.15) is 309 Å². The first kappa shape index (κ1) is 71.0. The van der Waals surface area contributed by atoms with E-state index in [1.807, 2.05) is 0 Å². The highest BCUT2D eigenvalue weighted by Gasteiger charge is 2.26. The Labute approximate surface area is 451 Å². The smallest absolute Gasteiger partial charge is 0.462 e. The van der Waals surface area contributed by atoms with Crippen molar-refractivity contribution < 1.29 is 37.6 Å². The average Bonchev–Trinajstić information content (AvgIpc) is 3.38. The number of esters is 2. The topological polar surface area (TPSA) is 134 Å². The minimum absolute atomic E-state index is 0.0536. The lowest BCUT2D eigenvalue weighted by atomic mass is 10.0. The molecular formula is C63H118NO8P. The molecule has 428 valence electrons. The molecule has 9 nitrogen and oxygen atoms in total. The van der Waals surface area contributed by atoms with Crippen molar-refractivity contribution in [2.45, 2.75) is 315 Å². The lowest BCUT2D eigenvalue weighted by Crippen LogP contribution is -2.29. The number of allylic oxidation sites excluding steroid dienone is 8. The third kappa shape index (κ3) is 59.1. The number of hydrogen-bond acceptors (Lipinski definition) is 8. The number of nitrogens with two attached hydrogens (primary N) is 1. The molecule has 0 saturated carbocycles. The summed E-state index contributed by atoms with van der Waals surface area (Å²) < 4.78 is 33.0. The van der Waals surface area contributed by atoms with Gasteiger partial charge in [0.1, 0.15) is 6.61 Å². The van der Waals surface area contributed by atoms with E-state index in [2.05, 4.69) is 62.5 Å². The number of carbonyl (C=O) groups is 2. The molecule has 0 radical (unpaired) electrons. The molecule has 0 aromatic heterocycles. The average molecular weight is 1050 g/mol. The van der Waals surface area contributed by atoms with Gasteiger partial charge in [-0.15, -0.1) is 0 Å². The van der Waals surface area contributed by atoms with Crippen molar-refractivity contribution in [1.29, 1.82) is 0 Å². The Morgan fingerprint density at radius 1 is 0.411 bits per heavy atom. The highest BCUT2D eigenvalue weighted by atomic mass is 31.2. The molecule has 0 aliphatic heterocycles. The first-order valence-corrected chi connectivity index (χ1v) is 32.6.